The van der Waals surface area contributed by atoms with Gasteiger partial charge in [-0.2, -0.15) is 0 Å². The van der Waals surface area contributed by atoms with Crippen molar-refractivity contribution in [3.8, 4) is 22.1 Å². The van der Waals surface area contributed by atoms with Crippen LogP contribution in [0.2, 0.25) is 0 Å². The summed E-state index contributed by atoms with van der Waals surface area (Å²) >= 11 is 6.46. The van der Waals surface area contributed by atoms with Crippen LogP contribution in [0, 0.1) is 0 Å². The second-order valence-corrected chi connectivity index (χ2v) is 6.78. The summed E-state index contributed by atoms with van der Waals surface area (Å²) in [5.41, 5.74) is 6.28. The number of nitrogens with zero attached hydrogens (tertiary/aromatic N) is 1. The highest BCUT2D eigenvalue weighted by Gasteiger charge is 2.14. The minimum Gasteiger partial charge on any atom is -0.493 e. The van der Waals surface area contributed by atoms with Crippen molar-refractivity contribution in [2.75, 3.05) is 27.9 Å². The van der Waals surface area contributed by atoms with Crippen LogP contribution in [0.25, 0.3) is 10.6 Å². The minimum absolute atomic E-state index is 0.0165. The van der Waals surface area contributed by atoms with E-state index >= 15 is 0 Å². The molecule has 3 N–H and O–H groups in total. The normalized spacial score (nSPS) is 11.4. The number of thiocarbonyl (C=S) groups is 1. The highest BCUT2D eigenvalue weighted by Crippen LogP contribution is 2.33. The Labute approximate surface area is 167 Å². The first-order valence-corrected chi connectivity index (χ1v) is 9.31. The summed E-state index contributed by atoms with van der Waals surface area (Å²) in [5.74, 6) is 0.838. The van der Waals surface area contributed by atoms with Gasteiger partial charge in [0.2, 0.25) is 0 Å². The number of rotatable bonds is 7. The van der Waals surface area contributed by atoms with E-state index in [1.54, 1.807) is 32.8 Å². The van der Waals surface area contributed by atoms with Gasteiger partial charge in [-0.1, -0.05) is 0 Å². The maximum Gasteiger partial charge on any atom is 0.289 e. The van der Waals surface area contributed by atoms with Crippen LogP contribution >= 0.6 is 23.6 Å². The van der Waals surface area contributed by atoms with Crippen molar-refractivity contribution >= 4 is 34.6 Å². The molecule has 1 amide bonds. The van der Waals surface area contributed by atoms with Gasteiger partial charge >= 0.3 is 0 Å². The van der Waals surface area contributed by atoms with Crippen LogP contribution in [0.1, 0.15) is 17.4 Å². The third kappa shape index (κ3) is 5.78. The number of thiazole rings is 1. The molecule has 8 nitrogen and oxygen atoms in total. The van der Waals surface area contributed by atoms with E-state index in [1.165, 1.54) is 11.3 Å². The highest BCUT2D eigenvalue weighted by atomic mass is 32.1. The SMILES string of the molecule is COC[C@H](C)NC(=S)NNC(=O)c1csc(-c2ccc(OC)c(OC)c2)n1. The maximum absolute atomic E-state index is 12.2. The van der Waals surface area contributed by atoms with Crippen LogP contribution in [0.15, 0.2) is 23.6 Å². The fourth-order valence-corrected chi connectivity index (χ4v) is 3.26. The van der Waals surface area contributed by atoms with Gasteiger partial charge in [0, 0.05) is 24.1 Å². The Morgan fingerprint density at radius 1 is 1.22 bits per heavy atom. The largest absolute Gasteiger partial charge is 0.493 e. The molecule has 0 fully saturated rings. The number of ether oxygens (including phenoxy) is 3. The molecule has 0 aliphatic rings. The molecule has 146 valence electrons. The van der Waals surface area contributed by atoms with Crippen molar-refractivity contribution in [1.82, 2.24) is 21.2 Å². The molecule has 0 bridgehead atoms. The van der Waals surface area contributed by atoms with Crippen molar-refractivity contribution in [2.24, 2.45) is 0 Å². The van der Waals surface area contributed by atoms with Gasteiger partial charge < -0.3 is 19.5 Å². The molecule has 1 atom stereocenters. The molecule has 1 aromatic carbocycles. The molecular formula is C17H22N4O4S2. The van der Waals surface area contributed by atoms with Crippen molar-refractivity contribution in [2.45, 2.75) is 13.0 Å². The molecule has 27 heavy (non-hydrogen) atoms. The maximum atomic E-state index is 12.2. The zero-order valence-corrected chi connectivity index (χ0v) is 17.1. The highest BCUT2D eigenvalue weighted by molar-refractivity contribution is 7.80. The molecular weight excluding hydrogens is 388 g/mol. The van der Waals surface area contributed by atoms with Gasteiger partial charge in [-0.3, -0.25) is 15.6 Å². The predicted octanol–water partition coefficient (Wildman–Crippen LogP) is 1.97. The molecule has 0 saturated carbocycles. The van der Waals surface area contributed by atoms with E-state index in [2.05, 4.69) is 21.2 Å². The Bertz CT molecular complexity index is 797. The summed E-state index contributed by atoms with van der Waals surface area (Å²) in [6, 6.07) is 5.48. The zero-order valence-electron chi connectivity index (χ0n) is 15.5. The summed E-state index contributed by atoms with van der Waals surface area (Å²) in [7, 11) is 4.75. The van der Waals surface area contributed by atoms with Crippen LogP contribution in [-0.2, 0) is 4.74 Å². The Balaban J connectivity index is 1.98. The number of benzene rings is 1. The van der Waals surface area contributed by atoms with Crippen molar-refractivity contribution in [1.29, 1.82) is 0 Å². The fourth-order valence-electron chi connectivity index (χ4n) is 2.21. The number of carbonyl (C=O) groups excluding carboxylic acids is 1. The molecule has 0 aliphatic carbocycles. The van der Waals surface area contributed by atoms with Gasteiger partial charge in [0.15, 0.2) is 16.6 Å². The zero-order chi connectivity index (χ0) is 19.8. The second-order valence-electron chi connectivity index (χ2n) is 5.52. The lowest BCUT2D eigenvalue weighted by molar-refractivity contribution is 0.0939. The summed E-state index contributed by atoms with van der Waals surface area (Å²) in [6.07, 6.45) is 0. The molecule has 0 aliphatic heterocycles. The van der Waals surface area contributed by atoms with Crippen LogP contribution in [0.5, 0.6) is 11.5 Å². The molecule has 1 aromatic heterocycles. The van der Waals surface area contributed by atoms with E-state index < -0.39 is 0 Å². The van der Waals surface area contributed by atoms with E-state index in [1.807, 2.05) is 19.1 Å². The van der Waals surface area contributed by atoms with Crippen molar-refractivity contribution < 1.29 is 19.0 Å². The molecule has 0 spiro atoms. The number of hydrogen-bond donors (Lipinski definition) is 3. The van der Waals surface area contributed by atoms with Gasteiger partial charge in [0.1, 0.15) is 10.7 Å². The van der Waals surface area contributed by atoms with E-state index in [-0.39, 0.29) is 17.6 Å². The summed E-state index contributed by atoms with van der Waals surface area (Å²) in [6.45, 7) is 2.41. The van der Waals surface area contributed by atoms with Crippen LogP contribution in [-0.4, -0.2) is 50.0 Å². The third-order valence-corrected chi connectivity index (χ3v) is 4.56. The number of hydrazine groups is 1. The monoisotopic (exact) mass is 410 g/mol. The number of carbonyl (C=O) groups is 1. The first kappa shape index (κ1) is 20.9. The van der Waals surface area contributed by atoms with Crippen LogP contribution < -0.4 is 25.6 Å². The van der Waals surface area contributed by atoms with E-state index in [0.29, 0.717) is 28.2 Å². The molecule has 0 radical (unpaired) electrons. The molecule has 0 saturated heterocycles. The molecule has 0 unspecified atom stereocenters. The van der Waals surface area contributed by atoms with Crippen molar-refractivity contribution in [3.05, 3.63) is 29.3 Å². The Kier molecular flexibility index (Phi) is 7.77. The van der Waals surface area contributed by atoms with E-state index in [4.69, 9.17) is 26.4 Å². The fraction of sp³-hybridized carbons (Fsp3) is 0.353. The van der Waals surface area contributed by atoms with Gasteiger partial charge in [-0.15, -0.1) is 11.3 Å². The number of amides is 1. The quantitative estimate of drug-likeness (QED) is 0.471. The third-order valence-electron chi connectivity index (χ3n) is 3.45. The molecule has 2 aromatic rings. The Hall–Kier alpha value is -2.43. The van der Waals surface area contributed by atoms with Gasteiger partial charge in [0.25, 0.3) is 5.91 Å². The topological polar surface area (TPSA) is 93.7 Å². The number of nitrogens with one attached hydrogen (secondary N) is 3. The average molecular weight is 411 g/mol. The Morgan fingerprint density at radius 2 is 1.96 bits per heavy atom. The smallest absolute Gasteiger partial charge is 0.289 e. The first-order valence-electron chi connectivity index (χ1n) is 8.02. The summed E-state index contributed by atoms with van der Waals surface area (Å²) < 4.78 is 15.5. The second kappa shape index (κ2) is 10.0. The lowest BCUT2D eigenvalue weighted by Crippen LogP contribution is -2.50. The standard InChI is InChI=1S/C17H22N4O4S2/c1-10(8-23-2)18-17(26)21-20-15(22)12-9-27-16(19-12)11-5-6-13(24-3)14(7-11)25-4/h5-7,9-10H,8H2,1-4H3,(H,20,22)(H2,18,21,26)/t10-/m0/s1. The lowest BCUT2D eigenvalue weighted by Gasteiger charge is -2.16. The van der Waals surface area contributed by atoms with Crippen LogP contribution in [0.3, 0.4) is 0 Å². The Morgan fingerprint density at radius 3 is 2.63 bits per heavy atom. The number of methoxy groups -OCH3 is 3. The summed E-state index contributed by atoms with van der Waals surface area (Å²) in [5, 5.41) is 5.64. The minimum atomic E-state index is -0.387. The van der Waals surface area contributed by atoms with Crippen LogP contribution in [0.4, 0.5) is 0 Å². The predicted molar refractivity (Wildman–Crippen MR) is 108 cm³/mol. The van der Waals surface area contributed by atoms with Gasteiger partial charge in [-0.25, -0.2) is 4.98 Å². The lowest BCUT2D eigenvalue weighted by atomic mass is 10.2. The van der Waals surface area contributed by atoms with E-state index in [9.17, 15) is 4.79 Å². The van der Waals surface area contributed by atoms with E-state index in [0.717, 1.165) is 5.56 Å². The first-order chi connectivity index (χ1) is 13.0. The molecule has 10 heteroatoms. The van der Waals surface area contributed by atoms with Crippen molar-refractivity contribution in [3.63, 3.8) is 0 Å². The van der Waals surface area contributed by atoms with Gasteiger partial charge in [0.05, 0.1) is 20.8 Å². The number of aromatic nitrogens is 1. The molecule has 1 heterocycles. The summed E-state index contributed by atoms with van der Waals surface area (Å²) in [4.78, 5) is 16.6. The number of hydrogen-bond acceptors (Lipinski definition) is 7. The average Bonchev–Trinajstić information content (AvgIpc) is 3.16. The van der Waals surface area contributed by atoms with Gasteiger partial charge in [-0.05, 0) is 37.3 Å². The molecule has 2 rings (SSSR count).